The van der Waals surface area contributed by atoms with Crippen LogP contribution in [0, 0.1) is 0 Å². The molecule has 0 unspecified atom stereocenters. The molecule has 0 aliphatic heterocycles. The molecule has 16 heavy (non-hydrogen) atoms. The number of H-pyrrole nitrogens is 1. The predicted molar refractivity (Wildman–Crippen MR) is 58.9 cm³/mol. The van der Waals surface area contributed by atoms with Gasteiger partial charge >= 0.3 is 0 Å². The Morgan fingerprint density at radius 1 is 1.62 bits per heavy atom. The maximum absolute atomic E-state index is 11.3. The van der Waals surface area contributed by atoms with Crippen LogP contribution in [0.25, 0.3) is 0 Å². The summed E-state index contributed by atoms with van der Waals surface area (Å²) in [5, 5.41) is 5.52. The van der Waals surface area contributed by atoms with E-state index in [1.807, 2.05) is 0 Å². The first-order chi connectivity index (χ1) is 7.66. The van der Waals surface area contributed by atoms with Crippen molar-refractivity contribution in [3.63, 3.8) is 0 Å². The number of aromatic nitrogens is 2. The SMILES string of the molecule is Nc1c(NCC(=O)NC2CC2)nc[nH]c1=O. The van der Waals surface area contributed by atoms with Gasteiger partial charge in [0.2, 0.25) is 5.91 Å². The lowest BCUT2D eigenvalue weighted by Gasteiger charge is -2.07. The van der Waals surface area contributed by atoms with E-state index in [0.717, 1.165) is 12.8 Å². The minimum Gasteiger partial charge on any atom is -0.391 e. The Kier molecular flexibility index (Phi) is 2.76. The van der Waals surface area contributed by atoms with Crippen molar-refractivity contribution < 1.29 is 4.79 Å². The summed E-state index contributed by atoms with van der Waals surface area (Å²) in [7, 11) is 0. The van der Waals surface area contributed by atoms with Crippen molar-refractivity contribution in [2.24, 2.45) is 0 Å². The molecule has 0 saturated heterocycles. The molecule has 7 nitrogen and oxygen atoms in total. The molecule has 1 saturated carbocycles. The molecular formula is C9H13N5O2. The highest BCUT2D eigenvalue weighted by molar-refractivity contribution is 5.81. The predicted octanol–water partition coefficient (Wildman–Crippen LogP) is -0.957. The van der Waals surface area contributed by atoms with Gasteiger partial charge in [-0.05, 0) is 12.8 Å². The Balaban J connectivity index is 1.90. The van der Waals surface area contributed by atoms with Crippen molar-refractivity contribution in [1.82, 2.24) is 15.3 Å². The molecule has 5 N–H and O–H groups in total. The summed E-state index contributed by atoms with van der Waals surface area (Å²) < 4.78 is 0. The van der Waals surface area contributed by atoms with Crippen LogP contribution in [0.5, 0.6) is 0 Å². The first-order valence-corrected chi connectivity index (χ1v) is 5.03. The van der Waals surface area contributed by atoms with Crippen molar-refractivity contribution >= 4 is 17.4 Å². The van der Waals surface area contributed by atoms with Crippen LogP contribution in [0.1, 0.15) is 12.8 Å². The Morgan fingerprint density at radius 3 is 3.06 bits per heavy atom. The van der Waals surface area contributed by atoms with Crippen LogP contribution in [-0.2, 0) is 4.79 Å². The number of hydrogen-bond acceptors (Lipinski definition) is 5. The summed E-state index contributed by atoms with van der Waals surface area (Å²) >= 11 is 0. The molecule has 86 valence electrons. The lowest BCUT2D eigenvalue weighted by atomic mass is 10.4. The number of hydrogen-bond donors (Lipinski definition) is 4. The summed E-state index contributed by atoms with van der Waals surface area (Å²) in [4.78, 5) is 28.6. The number of rotatable bonds is 4. The van der Waals surface area contributed by atoms with Crippen molar-refractivity contribution in [2.45, 2.75) is 18.9 Å². The smallest absolute Gasteiger partial charge is 0.276 e. The fourth-order valence-electron chi connectivity index (χ4n) is 1.22. The fraction of sp³-hybridized carbons (Fsp3) is 0.444. The van der Waals surface area contributed by atoms with Crippen LogP contribution < -0.4 is 21.9 Å². The van der Waals surface area contributed by atoms with E-state index < -0.39 is 5.56 Å². The Labute approximate surface area is 91.5 Å². The summed E-state index contributed by atoms with van der Waals surface area (Å²) in [5.41, 5.74) is 5.05. The van der Waals surface area contributed by atoms with Gasteiger partial charge in [0, 0.05) is 6.04 Å². The van der Waals surface area contributed by atoms with Gasteiger partial charge < -0.3 is 21.4 Å². The quantitative estimate of drug-likeness (QED) is 0.525. The first-order valence-electron chi connectivity index (χ1n) is 5.03. The number of aromatic amines is 1. The van der Waals surface area contributed by atoms with Crippen molar-refractivity contribution in [1.29, 1.82) is 0 Å². The maximum atomic E-state index is 11.3. The highest BCUT2D eigenvalue weighted by Gasteiger charge is 2.22. The van der Waals surface area contributed by atoms with Gasteiger partial charge in [-0.2, -0.15) is 0 Å². The van der Waals surface area contributed by atoms with E-state index in [1.54, 1.807) is 0 Å². The lowest BCUT2D eigenvalue weighted by Crippen LogP contribution is -2.32. The van der Waals surface area contributed by atoms with E-state index in [-0.39, 0.29) is 24.0 Å². The number of carbonyl (C=O) groups excluding carboxylic acids is 1. The molecule has 1 aromatic heterocycles. The third-order valence-electron chi connectivity index (χ3n) is 2.25. The average molecular weight is 223 g/mol. The van der Waals surface area contributed by atoms with Crippen molar-refractivity contribution in [3.05, 3.63) is 16.7 Å². The molecule has 2 rings (SSSR count). The molecular weight excluding hydrogens is 210 g/mol. The molecule has 0 spiro atoms. The zero-order valence-electron chi connectivity index (χ0n) is 8.62. The number of nitrogens with two attached hydrogens (primary N) is 1. The van der Waals surface area contributed by atoms with Gasteiger partial charge in [0.25, 0.3) is 5.56 Å². The summed E-state index contributed by atoms with van der Waals surface area (Å²) in [6.07, 6.45) is 3.31. The number of carbonyl (C=O) groups is 1. The standard InChI is InChI=1S/C9H13N5O2/c10-7-8(12-4-13-9(7)16)11-3-6(15)14-5-1-2-5/h4-5H,1-3,10H2,(H,14,15)(H2,11,12,13,16). The van der Waals surface area contributed by atoms with Crippen molar-refractivity contribution in [2.75, 3.05) is 17.6 Å². The minimum atomic E-state index is -0.417. The number of anilines is 2. The summed E-state index contributed by atoms with van der Waals surface area (Å²) in [6.45, 7) is 0.0666. The number of nitrogens with one attached hydrogen (secondary N) is 3. The van der Waals surface area contributed by atoms with Gasteiger partial charge in [-0.25, -0.2) is 4.98 Å². The van der Waals surface area contributed by atoms with E-state index in [9.17, 15) is 9.59 Å². The van der Waals surface area contributed by atoms with Crippen molar-refractivity contribution in [3.8, 4) is 0 Å². The second kappa shape index (κ2) is 4.21. The number of nitrogens with zero attached hydrogens (tertiary/aromatic N) is 1. The lowest BCUT2D eigenvalue weighted by molar-refractivity contribution is -0.119. The molecule has 0 bridgehead atoms. The van der Waals surface area contributed by atoms with Crippen LogP contribution in [0.3, 0.4) is 0 Å². The first kappa shape index (κ1) is 10.5. The summed E-state index contributed by atoms with van der Waals surface area (Å²) in [6, 6.07) is 0.318. The molecule has 1 aromatic rings. The fourth-order valence-corrected chi connectivity index (χ4v) is 1.22. The van der Waals surface area contributed by atoms with E-state index >= 15 is 0 Å². The van der Waals surface area contributed by atoms with Gasteiger partial charge in [0.15, 0.2) is 5.82 Å². The maximum Gasteiger partial charge on any atom is 0.276 e. The monoisotopic (exact) mass is 223 g/mol. The molecule has 1 heterocycles. The summed E-state index contributed by atoms with van der Waals surface area (Å²) in [5.74, 6) is 0.110. The van der Waals surface area contributed by atoms with Crippen LogP contribution in [0.4, 0.5) is 11.5 Å². The van der Waals surface area contributed by atoms with Crippen LogP contribution in [0.2, 0.25) is 0 Å². The largest absolute Gasteiger partial charge is 0.391 e. The third kappa shape index (κ3) is 2.50. The second-order valence-corrected chi connectivity index (χ2v) is 3.69. The topological polar surface area (TPSA) is 113 Å². The molecule has 1 fully saturated rings. The van der Waals surface area contributed by atoms with E-state index in [2.05, 4.69) is 20.6 Å². The molecule has 0 aromatic carbocycles. The van der Waals surface area contributed by atoms with Crippen LogP contribution in [0.15, 0.2) is 11.1 Å². The van der Waals surface area contributed by atoms with Gasteiger partial charge in [-0.15, -0.1) is 0 Å². The highest BCUT2D eigenvalue weighted by Crippen LogP contribution is 2.18. The van der Waals surface area contributed by atoms with Gasteiger partial charge in [0.05, 0.1) is 12.9 Å². The molecule has 1 aliphatic carbocycles. The van der Waals surface area contributed by atoms with Gasteiger partial charge in [0.1, 0.15) is 5.69 Å². The van der Waals surface area contributed by atoms with Crippen LogP contribution in [-0.4, -0.2) is 28.5 Å². The Hall–Kier alpha value is -2.05. The Morgan fingerprint density at radius 2 is 2.38 bits per heavy atom. The molecule has 0 atom stereocenters. The molecule has 7 heteroatoms. The third-order valence-corrected chi connectivity index (χ3v) is 2.25. The highest BCUT2D eigenvalue weighted by atomic mass is 16.2. The zero-order valence-corrected chi connectivity index (χ0v) is 8.62. The van der Waals surface area contributed by atoms with Crippen LogP contribution >= 0.6 is 0 Å². The minimum absolute atomic E-state index is 0.0123. The second-order valence-electron chi connectivity index (χ2n) is 3.69. The number of amides is 1. The van der Waals surface area contributed by atoms with E-state index in [1.165, 1.54) is 6.33 Å². The normalized spacial score (nSPS) is 14.5. The molecule has 1 aliphatic rings. The van der Waals surface area contributed by atoms with Gasteiger partial charge in [-0.3, -0.25) is 9.59 Å². The van der Waals surface area contributed by atoms with E-state index in [4.69, 9.17) is 5.73 Å². The molecule has 1 amide bonds. The zero-order chi connectivity index (χ0) is 11.5. The Bertz CT molecular complexity index is 451. The number of nitrogen functional groups attached to an aromatic ring is 1. The van der Waals surface area contributed by atoms with Gasteiger partial charge in [-0.1, -0.05) is 0 Å². The average Bonchev–Trinajstić information content (AvgIpc) is 3.04. The van der Waals surface area contributed by atoms with E-state index in [0.29, 0.717) is 6.04 Å². The molecule has 0 radical (unpaired) electrons.